The van der Waals surface area contributed by atoms with Crippen LogP contribution in [-0.4, -0.2) is 27.6 Å². The van der Waals surface area contributed by atoms with Crippen molar-refractivity contribution in [3.05, 3.63) is 35.9 Å². The number of pyridine rings is 1. The van der Waals surface area contributed by atoms with Gasteiger partial charge in [-0.15, -0.1) is 0 Å². The normalized spacial score (nSPS) is 10.2. The van der Waals surface area contributed by atoms with Crippen molar-refractivity contribution in [3.8, 4) is 0 Å². The van der Waals surface area contributed by atoms with Crippen LogP contribution in [0.25, 0.3) is 0 Å². The van der Waals surface area contributed by atoms with Crippen LogP contribution in [0.3, 0.4) is 0 Å². The molecule has 0 unspecified atom stereocenters. The molecule has 0 aliphatic rings. The number of hydrogen-bond acceptors (Lipinski definition) is 6. The van der Waals surface area contributed by atoms with Crippen LogP contribution in [-0.2, 0) is 6.54 Å². The van der Waals surface area contributed by atoms with Crippen LogP contribution in [0.15, 0.2) is 23.2 Å². The maximum absolute atomic E-state index is 13.9. The molecule has 100 valence electrons. The molecule has 0 aromatic carbocycles. The Balaban J connectivity index is 2.08. The minimum Gasteiger partial charge on any atom is -0.368 e. The Morgan fingerprint density at radius 1 is 1.47 bits per heavy atom. The minimum absolute atomic E-state index is 0.0507. The van der Waals surface area contributed by atoms with E-state index in [0.29, 0.717) is 12.4 Å². The molecule has 2 aromatic heterocycles. The number of aromatic nitrogens is 3. The van der Waals surface area contributed by atoms with Crippen molar-refractivity contribution in [2.24, 2.45) is 0 Å². The fraction of sp³-hybridized carbons (Fsp3) is 0.273. The van der Waals surface area contributed by atoms with Gasteiger partial charge in [0.15, 0.2) is 17.5 Å². The maximum Gasteiger partial charge on any atom is 0.254 e. The molecule has 1 amide bonds. The van der Waals surface area contributed by atoms with E-state index in [1.807, 2.05) is 6.92 Å². The van der Waals surface area contributed by atoms with Gasteiger partial charge in [-0.25, -0.2) is 9.37 Å². The van der Waals surface area contributed by atoms with Gasteiger partial charge in [0.2, 0.25) is 6.39 Å². The number of carbonyl (C=O) groups is 1. The summed E-state index contributed by atoms with van der Waals surface area (Å²) in [5.74, 6) is -0.886. The van der Waals surface area contributed by atoms with Gasteiger partial charge in [0.1, 0.15) is 0 Å². The highest BCUT2D eigenvalue weighted by molar-refractivity contribution is 5.95. The Hall–Kier alpha value is -2.51. The van der Waals surface area contributed by atoms with Crippen molar-refractivity contribution in [1.29, 1.82) is 0 Å². The van der Waals surface area contributed by atoms with Crippen LogP contribution in [0.4, 0.5) is 10.2 Å². The number of carbonyl (C=O) groups excluding carboxylic acids is 1. The molecule has 8 heteroatoms. The Labute approximate surface area is 108 Å². The van der Waals surface area contributed by atoms with E-state index < -0.39 is 11.7 Å². The van der Waals surface area contributed by atoms with Crippen molar-refractivity contribution in [1.82, 2.24) is 20.4 Å². The predicted molar refractivity (Wildman–Crippen MR) is 63.8 cm³/mol. The second-order valence-electron chi connectivity index (χ2n) is 3.58. The van der Waals surface area contributed by atoms with Gasteiger partial charge in [-0.05, 0) is 13.0 Å². The molecule has 0 saturated carbocycles. The maximum atomic E-state index is 13.9. The molecule has 0 aliphatic heterocycles. The molecule has 0 saturated heterocycles. The van der Waals surface area contributed by atoms with E-state index in [2.05, 4.69) is 30.3 Å². The fourth-order valence-corrected chi connectivity index (χ4v) is 1.43. The second-order valence-corrected chi connectivity index (χ2v) is 3.58. The van der Waals surface area contributed by atoms with Gasteiger partial charge in [-0.1, -0.05) is 5.16 Å². The van der Waals surface area contributed by atoms with E-state index in [9.17, 15) is 9.18 Å². The first kappa shape index (κ1) is 12.9. The molecule has 2 aromatic rings. The summed E-state index contributed by atoms with van der Waals surface area (Å²) >= 11 is 0. The Morgan fingerprint density at radius 2 is 2.32 bits per heavy atom. The lowest BCUT2D eigenvalue weighted by atomic mass is 10.2. The number of halogens is 1. The lowest BCUT2D eigenvalue weighted by molar-refractivity contribution is 0.0945. The summed E-state index contributed by atoms with van der Waals surface area (Å²) in [5, 5.41) is 8.76. The third-order valence-corrected chi connectivity index (χ3v) is 2.29. The number of anilines is 1. The lowest BCUT2D eigenvalue weighted by Crippen LogP contribution is -2.25. The molecular weight excluding hydrogens is 253 g/mol. The summed E-state index contributed by atoms with van der Waals surface area (Å²) in [6.45, 7) is 2.38. The third-order valence-electron chi connectivity index (χ3n) is 2.29. The first-order chi connectivity index (χ1) is 9.22. The standard InChI is InChI=1S/C11H12FN5O2/c1-2-13-10-9(12)7(3-4-14-10)11(18)15-5-8-16-6-19-17-8/h3-4,6H,2,5H2,1H3,(H,13,14)(H,15,18). The highest BCUT2D eigenvalue weighted by Crippen LogP contribution is 2.14. The van der Waals surface area contributed by atoms with Gasteiger partial charge < -0.3 is 15.2 Å². The Bertz CT molecular complexity index is 558. The average Bonchev–Trinajstić information content (AvgIpc) is 2.92. The van der Waals surface area contributed by atoms with Crippen LogP contribution >= 0.6 is 0 Å². The van der Waals surface area contributed by atoms with E-state index in [1.54, 1.807) is 0 Å². The second kappa shape index (κ2) is 5.89. The minimum atomic E-state index is -0.685. The molecule has 19 heavy (non-hydrogen) atoms. The van der Waals surface area contributed by atoms with Crippen molar-refractivity contribution in [2.75, 3.05) is 11.9 Å². The van der Waals surface area contributed by atoms with Gasteiger partial charge in [-0.2, -0.15) is 4.98 Å². The van der Waals surface area contributed by atoms with E-state index in [1.165, 1.54) is 12.3 Å². The lowest BCUT2D eigenvalue weighted by Gasteiger charge is -2.08. The molecule has 0 fully saturated rings. The predicted octanol–water partition coefficient (Wildman–Crippen LogP) is 0.966. The van der Waals surface area contributed by atoms with Crippen LogP contribution in [0.1, 0.15) is 23.1 Å². The van der Waals surface area contributed by atoms with E-state index in [4.69, 9.17) is 0 Å². The first-order valence-corrected chi connectivity index (χ1v) is 5.64. The molecule has 2 rings (SSSR count). The molecule has 0 radical (unpaired) electrons. The number of nitrogens with zero attached hydrogens (tertiary/aromatic N) is 3. The zero-order chi connectivity index (χ0) is 13.7. The van der Waals surface area contributed by atoms with E-state index in [0.717, 1.165) is 6.39 Å². The molecular formula is C11H12FN5O2. The number of rotatable bonds is 5. The fourth-order valence-electron chi connectivity index (χ4n) is 1.43. The summed E-state index contributed by atoms with van der Waals surface area (Å²) in [7, 11) is 0. The third kappa shape index (κ3) is 3.03. The summed E-state index contributed by atoms with van der Waals surface area (Å²) < 4.78 is 18.5. The van der Waals surface area contributed by atoms with Crippen molar-refractivity contribution < 1.29 is 13.7 Å². The van der Waals surface area contributed by atoms with Gasteiger partial charge in [0, 0.05) is 12.7 Å². The highest BCUT2D eigenvalue weighted by atomic mass is 19.1. The smallest absolute Gasteiger partial charge is 0.254 e. The summed E-state index contributed by atoms with van der Waals surface area (Å²) in [5.41, 5.74) is -0.0885. The quantitative estimate of drug-likeness (QED) is 0.836. The van der Waals surface area contributed by atoms with Crippen molar-refractivity contribution in [3.63, 3.8) is 0 Å². The van der Waals surface area contributed by atoms with Crippen LogP contribution in [0.2, 0.25) is 0 Å². The highest BCUT2D eigenvalue weighted by Gasteiger charge is 2.15. The number of hydrogen-bond donors (Lipinski definition) is 2. The summed E-state index contributed by atoms with van der Waals surface area (Å²) in [4.78, 5) is 19.4. The number of nitrogens with one attached hydrogen (secondary N) is 2. The monoisotopic (exact) mass is 265 g/mol. The summed E-state index contributed by atoms with van der Waals surface area (Å²) in [6.07, 6.45) is 2.52. The van der Waals surface area contributed by atoms with E-state index >= 15 is 0 Å². The van der Waals surface area contributed by atoms with Gasteiger partial charge in [-0.3, -0.25) is 4.79 Å². The van der Waals surface area contributed by atoms with E-state index in [-0.39, 0.29) is 17.9 Å². The van der Waals surface area contributed by atoms with Crippen LogP contribution in [0, 0.1) is 5.82 Å². The number of amides is 1. The molecule has 0 aliphatic carbocycles. The molecule has 0 bridgehead atoms. The van der Waals surface area contributed by atoms with Crippen LogP contribution < -0.4 is 10.6 Å². The van der Waals surface area contributed by atoms with Crippen molar-refractivity contribution >= 4 is 11.7 Å². The molecule has 0 atom stereocenters. The molecule has 7 nitrogen and oxygen atoms in total. The van der Waals surface area contributed by atoms with Gasteiger partial charge >= 0.3 is 0 Å². The average molecular weight is 265 g/mol. The SMILES string of the molecule is CCNc1nccc(C(=O)NCc2ncon2)c1F. The molecule has 2 N–H and O–H groups in total. The Kier molecular flexibility index (Phi) is 4.01. The van der Waals surface area contributed by atoms with Crippen molar-refractivity contribution in [2.45, 2.75) is 13.5 Å². The largest absolute Gasteiger partial charge is 0.368 e. The summed E-state index contributed by atoms with van der Waals surface area (Å²) in [6, 6.07) is 1.31. The zero-order valence-corrected chi connectivity index (χ0v) is 10.2. The molecule has 2 heterocycles. The van der Waals surface area contributed by atoms with Crippen LogP contribution in [0.5, 0.6) is 0 Å². The van der Waals surface area contributed by atoms with Gasteiger partial charge in [0.25, 0.3) is 5.91 Å². The molecule has 0 spiro atoms. The topological polar surface area (TPSA) is 92.9 Å². The van der Waals surface area contributed by atoms with Gasteiger partial charge in [0.05, 0.1) is 12.1 Å². The Morgan fingerprint density at radius 3 is 3.00 bits per heavy atom. The first-order valence-electron chi connectivity index (χ1n) is 5.64. The zero-order valence-electron chi connectivity index (χ0n) is 10.2.